The lowest BCUT2D eigenvalue weighted by Gasteiger charge is -2.36. The molecule has 1 saturated heterocycles. The topological polar surface area (TPSA) is 70.7 Å². The molecule has 1 fully saturated rings. The van der Waals surface area contributed by atoms with Crippen LogP contribution in [0.25, 0.3) is 0 Å². The number of halogens is 1. The number of carbonyl (C=O) groups is 1. The van der Waals surface area contributed by atoms with Gasteiger partial charge in [-0.3, -0.25) is 9.79 Å². The van der Waals surface area contributed by atoms with Gasteiger partial charge in [-0.15, -0.1) is 0 Å². The van der Waals surface area contributed by atoms with E-state index < -0.39 is 0 Å². The highest BCUT2D eigenvalue weighted by atomic mass is 79.9. The van der Waals surface area contributed by atoms with Crippen molar-refractivity contribution in [1.82, 2.24) is 10.2 Å². The number of rotatable bonds is 5. The molecular formula is C19H29BrN4O. The van der Waals surface area contributed by atoms with E-state index in [1.807, 2.05) is 7.05 Å². The van der Waals surface area contributed by atoms with E-state index in [1.54, 1.807) is 0 Å². The first kappa shape index (κ1) is 19.8. The van der Waals surface area contributed by atoms with Crippen LogP contribution in [-0.2, 0) is 10.2 Å². The van der Waals surface area contributed by atoms with Crippen LogP contribution in [0.15, 0.2) is 33.7 Å². The third-order valence-corrected chi connectivity index (χ3v) is 5.36. The molecule has 5 nitrogen and oxygen atoms in total. The predicted octanol–water partition coefficient (Wildman–Crippen LogP) is 2.89. The van der Waals surface area contributed by atoms with Gasteiger partial charge in [-0.05, 0) is 36.5 Å². The van der Waals surface area contributed by atoms with Crippen molar-refractivity contribution in [2.75, 3.05) is 26.7 Å². The molecule has 1 aliphatic rings. The second kappa shape index (κ2) is 8.70. The van der Waals surface area contributed by atoms with E-state index in [0.717, 1.165) is 42.9 Å². The fourth-order valence-corrected chi connectivity index (χ4v) is 3.61. The summed E-state index contributed by atoms with van der Waals surface area (Å²) in [4.78, 5) is 17.9. The van der Waals surface area contributed by atoms with E-state index in [9.17, 15) is 4.79 Å². The number of primary amides is 1. The van der Waals surface area contributed by atoms with Gasteiger partial charge in [-0.2, -0.15) is 0 Å². The average Bonchev–Trinajstić information content (AvgIpc) is 2.55. The minimum absolute atomic E-state index is 0.0148. The molecule has 0 aromatic heterocycles. The number of amides is 1. The maximum atomic E-state index is 11.2. The lowest BCUT2D eigenvalue weighted by Crippen LogP contribution is -2.49. The molecule has 0 aliphatic carbocycles. The van der Waals surface area contributed by atoms with Crippen molar-refractivity contribution in [3.05, 3.63) is 34.3 Å². The van der Waals surface area contributed by atoms with Gasteiger partial charge in [0.15, 0.2) is 5.96 Å². The fourth-order valence-electron chi connectivity index (χ4n) is 3.34. The SMILES string of the molecule is CN=C(NCC(C)(C)c1ccc(Br)cc1)N1CCCC(CC(N)=O)C1. The Morgan fingerprint density at radius 1 is 1.40 bits per heavy atom. The molecule has 1 aromatic rings. The van der Waals surface area contributed by atoms with E-state index in [-0.39, 0.29) is 11.3 Å². The Bertz CT molecular complexity index is 612. The van der Waals surface area contributed by atoms with Crippen LogP contribution in [0.1, 0.15) is 38.7 Å². The lowest BCUT2D eigenvalue weighted by molar-refractivity contribution is -0.119. The van der Waals surface area contributed by atoms with Crippen molar-refractivity contribution in [3.8, 4) is 0 Å². The Morgan fingerprint density at radius 2 is 2.08 bits per heavy atom. The lowest BCUT2D eigenvalue weighted by atomic mass is 9.84. The van der Waals surface area contributed by atoms with Gasteiger partial charge in [0.05, 0.1) is 0 Å². The van der Waals surface area contributed by atoms with Gasteiger partial charge in [0.25, 0.3) is 0 Å². The number of carbonyl (C=O) groups excluding carboxylic acids is 1. The van der Waals surface area contributed by atoms with Crippen molar-refractivity contribution in [3.63, 3.8) is 0 Å². The van der Waals surface area contributed by atoms with Gasteiger partial charge in [0.2, 0.25) is 5.91 Å². The Balaban J connectivity index is 1.97. The number of nitrogens with zero attached hydrogens (tertiary/aromatic N) is 2. The zero-order valence-corrected chi connectivity index (χ0v) is 17.0. The zero-order chi connectivity index (χ0) is 18.4. The van der Waals surface area contributed by atoms with Gasteiger partial charge in [-0.25, -0.2) is 0 Å². The normalized spacial score (nSPS) is 19.0. The Kier molecular flexibility index (Phi) is 6.87. The van der Waals surface area contributed by atoms with E-state index in [4.69, 9.17) is 5.73 Å². The van der Waals surface area contributed by atoms with Crippen LogP contribution in [0.5, 0.6) is 0 Å². The Hall–Kier alpha value is -1.56. The molecule has 0 radical (unpaired) electrons. The number of piperidine rings is 1. The summed E-state index contributed by atoms with van der Waals surface area (Å²) in [5, 5.41) is 3.51. The van der Waals surface area contributed by atoms with Crippen LogP contribution in [0, 0.1) is 5.92 Å². The summed E-state index contributed by atoms with van der Waals surface area (Å²) in [6.45, 7) is 7.04. The Morgan fingerprint density at radius 3 is 2.68 bits per heavy atom. The fraction of sp³-hybridized carbons (Fsp3) is 0.579. The zero-order valence-electron chi connectivity index (χ0n) is 15.4. The van der Waals surface area contributed by atoms with Crippen LogP contribution in [0.2, 0.25) is 0 Å². The first-order chi connectivity index (χ1) is 11.8. The number of likely N-dealkylation sites (tertiary alicyclic amines) is 1. The maximum Gasteiger partial charge on any atom is 0.217 e. The van der Waals surface area contributed by atoms with Crippen molar-refractivity contribution in [2.45, 2.75) is 38.5 Å². The average molecular weight is 409 g/mol. The molecule has 3 N–H and O–H groups in total. The number of nitrogens with one attached hydrogen (secondary N) is 1. The molecule has 138 valence electrons. The Labute approximate surface area is 159 Å². The standard InChI is InChI=1S/C19H29BrN4O/c1-19(2,15-6-8-16(20)9-7-15)13-23-18(22-3)24-10-4-5-14(12-24)11-17(21)25/h6-9,14H,4-5,10-13H2,1-3H3,(H2,21,25)(H,22,23). The second-order valence-corrected chi connectivity index (χ2v) is 8.33. The summed E-state index contributed by atoms with van der Waals surface area (Å²) in [6.07, 6.45) is 2.58. The highest BCUT2D eigenvalue weighted by molar-refractivity contribution is 9.10. The summed E-state index contributed by atoms with van der Waals surface area (Å²) in [5.74, 6) is 1.01. The molecule has 6 heteroatoms. The van der Waals surface area contributed by atoms with E-state index in [2.05, 4.69) is 69.3 Å². The largest absolute Gasteiger partial charge is 0.370 e. The minimum Gasteiger partial charge on any atom is -0.370 e. The van der Waals surface area contributed by atoms with Gasteiger partial charge >= 0.3 is 0 Å². The number of hydrogen-bond donors (Lipinski definition) is 2. The van der Waals surface area contributed by atoms with Crippen LogP contribution in [0.4, 0.5) is 0 Å². The summed E-state index contributed by atoms with van der Waals surface area (Å²) < 4.78 is 1.09. The molecule has 1 unspecified atom stereocenters. The summed E-state index contributed by atoms with van der Waals surface area (Å²) >= 11 is 3.49. The maximum absolute atomic E-state index is 11.2. The second-order valence-electron chi connectivity index (χ2n) is 7.42. The third kappa shape index (κ3) is 5.73. The van der Waals surface area contributed by atoms with Crippen LogP contribution in [0.3, 0.4) is 0 Å². The molecule has 1 atom stereocenters. The number of guanidine groups is 1. The quantitative estimate of drug-likeness (QED) is 0.580. The van der Waals surface area contributed by atoms with Crippen molar-refractivity contribution < 1.29 is 4.79 Å². The van der Waals surface area contributed by atoms with Crippen LogP contribution >= 0.6 is 15.9 Å². The molecule has 1 aliphatic heterocycles. The molecular weight excluding hydrogens is 380 g/mol. The van der Waals surface area contributed by atoms with Gasteiger partial charge in [0.1, 0.15) is 0 Å². The first-order valence-corrected chi connectivity index (χ1v) is 9.61. The van der Waals surface area contributed by atoms with Crippen LogP contribution in [-0.4, -0.2) is 43.4 Å². The predicted molar refractivity (Wildman–Crippen MR) is 107 cm³/mol. The monoisotopic (exact) mass is 408 g/mol. The third-order valence-electron chi connectivity index (χ3n) is 4.83. The number of aliphatic imine (C=N–C) groups is 1. The summed E-state index contributed by atoms with van der Waals surface area (Å²) in [5.41, 5.74) is 6.63. The number of hydrogen-bond acceptors (Lipinski definition) is 2. The number of nitrogens with two attached hydrogens (primary N) is 1. The first-order valence-electron chi connectivity index (χ1n) is 8.82. The summed E-state index contributed by atoms with van der Waals surface area (Å²) in [6, 6.07) is 8.45. The summed E-state index contributed by atoms with van der Waals surface area (Å²) in [7, 11) is 1.81. The molecule has 1 heterocycles. The molecule has 0 bridgehead atoms. The van der Waals surface area contributed by atoms with Crippen molar-refractivity contribution in [1.29, 1.82) is 0 Å². The van der Waals surface area contributed by atoms with Crippen molar-refractivity contribution >= 4 is 27.8 Å². The smallest absolute Gasteiger partial charge is 0.217 e. The molecule has 25 heavy (non-hydrogen) atoms. The highest BCUT2D eigenvalue weighted by Gasteiger charge is 2.26. The van der Waals surface area contributed by atoms with Gasteiger partial charge in [0, 0.05) is 43.0 Å². The molecule has 0 spiro atoms. The van der Waals surface area contributed by atoms with Crippen LogP contribution < -0.4 is 11.1 Å². The van der Waals surface area contributed by atoms with Gasteiger partial charge in [-0.1, -0.05) is 41.9 Å². The number of benzene rings is 1. The molecule has 2 rings (SSSR count). The van der Waals surface area contributed by atoms with E-state index >= 15 is 0 Å². The van der Waals surface area contributed by atoms with Gasteiger partial charge < -0.3 is 16.0 Å². The van der Waals surface area contributed by atoms with E-state index in [0.29, 0.717) is 12.3 Å². The molecule has 1 aromatic carbocycles. The van der Waals surface area contributed by atoms with Crippen molar-refractivity contribution in [2.24, 2.45) is 16.6 Å². The minimum atomic E-state index is -0.217. The molecule has 1 amide bonds. The molecule has 0 saturated carbocycles. The van der Waals surface area contributed by atoms with E-state index in [1.165, 1.54) is 5.56 Å². The highest BCUT2D eigenvalue weighted by Crippen LogP contribution is 2.24.